The van der Waals surface area contributed by atoms with E-state index in [4.69, 9.17) is 14.2 Å². The highest BCUT2D eigenvalue weighted by molar-refractivity contribution is 5.81. The van der Waals surface area contributed by atoms with Gasteiger partial charge in [0, 0.05) is 26.2 Å². The molecule has 0 aliphatic rings. The molecular weight excluding hydrogens is 292 g/mol. The molecular formula is C19H36O4. The number of unbranched alkanes of at least 4 members (excludes halogenated alkanes) is 5. The predicted octanol–water partition coefficient (Wildman–Crippen LogP) is 4.87. The van der Waals surface area contributed by atoms with Crippen LogP contribution in [0.25, 0.3) is 0 Å². The minimum Gasteiger partial charge on any atom is -0.463 e. The van der Waals surface area contributed by atoms with Gasteiger partial charge in [0.2, 0.25) is 0 Å². The molecule has 0 aliphatic heterocycles. The highest BCUT2D eigenvalue weighted by Crippen LogP contribution is 2.31. The van der Waals surface area contributed by atoms with E-state index in [2.05, 4.69) is 13.5 Å². The van der Waals surface area contributed by atoms with Gasteiger partial charge in [-0.15, -0.1) is 0 Å². The van der Waals surface area contributed by atoms with Crippen molar-refractivity contribution in [2.75, 3.05) is 20.8 Å². The van der Waals surface area contributed by atoms with Crippen molar-refractivity contribution in [3.63, 3.8) is 0 Å². The molecule has 0 aromatic carbocycles. The van der Waals surface area contributed by atoms with E-state index in [9.17, 15) is 4.79 Å². The molecule has 4 heteroatoms. The summed E-state index contributed by atoms with van der Waals surface area (Å²) in [6.45, 7) is 8.04. The lowest BCUT2D eigenvalue weighted by Gasteiger charge is -2.35. The van der Waals surface area contributed by atoms with Crippen molar-refractivity contribution >= 4 is 5.97 Å². The summed E-state index contributed by atoms with van der Waals surface area (Å²) in [7, 11) is 3.38. The van der Waals surface area contributed by atoms with Gasteiger partial charge in [0.15, 0.2) is 5.79 Å². The smallest absolute Gasteiger partial charge is 0.330 e. The summed E-state index contributed by atoms with van der Waals surface area (Å²) in [6, 6.07) is 0. The van der Waals surface area contributed by atoms with Gasteiger partial charge in [-0.1, -0.05) is 52.0 Å². The van der Waals surface area contributed by atoms with Crippen LogP contribution in [0.4, 0.5) is 0 Å². The van der Waals surface area contributed by atoms with Gasteiger partial charge in [-0.05, 0) is 26.2 Å². The van der Waals surface area contributed by atoms with Gasteiger partial charge in [0.25, 0.3) is 0 Å². The van der Waals surface area contributed by atoms with Crippen molar-refractivity contribution in [1.82, 2.24) is 0 Å². The summed E-state index contributed by atoms with van der Waals surface area (Å²) in [5.41, 5.74) is 0. The zero-order valence-corrected chi connectivity index (χ0v) is 15.6. The van der Waals surface area contributed by atoms with Gasteiger partial charge >= 0.3 is 5.97 Å². The predicted molar refractivity (Wildman–Crippen MR) is 94.3 cm³/mol. The van der Waals surface area contributed by atoms with E-state index in [0.29, 0.717) is 12.5 Å². The second-order valence-corrected chi connectivity index (χ2v) is 6.19. The second kappa shape index (κ2) is 13.6. The van der Waals surface area contributed by atoms with Crippen LogP contribution in [0.1, 0.15) is 71.6 Å². The third-order valence-electron chi connectivity index (χ3n) is 4.57. The summed E-state index contributed by atoms with van der Waals surface area (Å²) in [5, 5.41) is 0. The van der Waals surface area contributed by atoms with E-state index in [-0.39, 0.29) is 5.97 Å². The molecule has 0 bridgehead atoms. The third-order valence-corrected chi connectivity index (χ3v) is 4.57. The fourth-order valence-corrected chi connectivity index (χ4v) is 2.82. The van der Waals surface area contributed by atoms with Crippen molar-refractivity contribution in [2.24, 2.45) is 5.92 Å². The molecule has 0 saturated carbocycles. The number of rotatable bonds is 15. The highest BCUT2D eigenvalue weighted by Gasteiger charge is 2.33. The van der Waals surface area contributed by atoms with E-state index in [1.807, 2.05) is 6.92 Å². The Kier molecular flexibility index (Phi) is 13.0. The number of hydrogen-bond acceptors (Lipinski definition) is 4. The Balaban J connectivity index is 4.24. The summed E-state index contributed by atoms with van der Waals surface area (Å²) in [5.74, 6) is -0.642. The first-order valence-electron chi connectivity index (χ1n) is 8.93. The normalized spacial score (nSPS) is 12.9. The molecule has 1 atom stereocenters. The van der Waals surface area contributed by atoms with E-state index >= 15 is 0 Å². The molecule has 0 N–H and O–H groups in total. The summed E-state index contributed by atoms with van der Waals surface area (Å²) < 4.78 is 16.2. The van der Waals surface area contributed by atoms with Crippen LogP contribution in [0.15, 0.2) is 12.7 Å². The van der Waals surface area contributed by atoms with Gasteiger partial charge in [-0.2, -0.15) is 0 Å². The van der Waals surface area contributed by atoms with Crippen molar-refractivity contribution in [2.45, 2.75) is 77.4 Å². The number of methoxy groups -OCH3 is 2. The van der Waals surface area contributed by atoms with Crippen molar-refractivity contribution < 1.29 is 19.0 Å². The van der Waals surface area contributed by atoms with Crippen LogP contribution in [-0.4, -0.2) is 32.6 Å². The molecule has 0 aromatic rings. The zero-order chi connectivity index (χ0) is 17.6. The van der Waals surface area contributed by atoms with Crippen LogP contribution in [0, 0.1) is 5.92 Å². The van der Waals surface area contributed by atoms with Gasteiger partial charge in [0.05, 0.1) is 6.61 Å². The van der Waals surface area contributed by atoms with E-state index in [1.54, 1.807) is 14.2 Å². The largest absolute Gasteiger partial charge is 0.463 e. The van der Waals surface area contributed by atoms with Crippen LogP contribution in [0.2, 0.25) is 0 Å². The minimum atomic E-state index is -0.578. The van der Waals surface area contributed by atoms with Crippen LogP contribution in [0.3, 0.4) is 0 Å². The summed E-state index contributed by atoms with van der Waals surface area (Å²) in [4.78, 5) is 11.1. The van der Waals surface area contributed by atoms with Crippen LogP contribution >= 0.6 is 0 Å². The molecule has 0 rings (SSSR count). The SMILES string of the molecule is C=CC(=O)OCCCC(CCCCCCCC)C(C)(OC)OC. The Morgan fingerprint density at radius 1 is 1.04 bits per heavy atom. The van der Waals surface area contributed by atoms with Gasteiger partial charge < -0.3 is 14.2 Å². The fraction of sp³-hybridized carbons (Fsp3) is 0.842. The quantitative estimate of drug-likeness (QED) is 0.186. The van der Waals surface area contributed by atoms with E-state index in [1.165, 1.54) is 44.6 Å². The van der Waals surface area contributed by atoms with Crippen LogP contribution < -0.4 is 0 Å². The second-order valence-electron chi connectivity index (χ2n) is 6.19. The number of esters is 1. The first-order chi connectivity index (χ1) is 11.0. The standard InChI is InChI=1S/C19H36O4/c1-6-8-9-10-11-12-14-17(19(3,21-4)22-5)15-13-16-23-18(20)7-2/h7,17H,2,6,8-16H2,1,3-5H3. The molecule has 1 unspecified atom stereocenters. The molecule has 0 amide bonds. The Morgan fingerprint density at radius 2 is 1.61 bits per heavy atom. The molecule has 136 valence electrons. The summed E-state index contributed by atoms with van der Waals surface area (Å²) in [6.07, 6.45) is 11.7. The van der Waals surface area contributed by atoms with Gasteiger partial charge in [0.1, 0.15) is 0 Å². The average Bonchev–Trinajstić information content (AvgIpc) is 2.58. The molecule has 4 nitrogen and oxygen atoms in total. The third kappa shape index (κ3) is 9.77. The fourth-order valence-electron chi connectivity index (χ4n) is 2.82. The van der Waals surface area contributed by atoms with Gasteiger partial charge in [-0.25, -0.2) is 4.79 Å². The topological polar surface area (TPSA) is 44.8 Å². The molecule has 0 aromatic heterocycles. The maximum Gasteiger partial charge on any atom is 0.330 e. The van der Waals surface area contributed by atoms with Gasteiger partial charge in [-0.3, -0.25) is 0 Å². The molecule has 23 heavy (non-hydrogen) atoms. The monoisotopic (exact) mass is 328 g/mol. The highest BCUT2D eigenvalue weighted by atomic mass is 16.7. The molecule has 0 radical (unpaired) electrons. The minimum absolute atomic E-state index is 0.297. The van der Waals surface area contributed by atoms with Crippen LogP contribution in [0.5, 0.6) is 0 Å². The number of ether oxygens (including phenoxy) is 3. The Bertz CT molecular complexity index is 310. The van der Waals surface area contributed by atoms with Crippen molar-refractivity contribution in [3.05, 3.63) is 12.7 Å². The van der Waals surface area contributed by atoms with E-state index < -0.39 is 5.79 Å². The summed E-state index contributed by atoms with van der Waals surface area (Å²) >= 11 is 0. The lowest BCUT2D eigenvalue weighted by atomic mass is 9.88. The molecule has 0 fully saturated rings. The molecule has 0 spiro atoms. The lowest BCUT2D eigenvalue weighted by molar-refractivity contribution is -0.230. The average molecular weight is 328 g/mol. The van der Waals surface area contributed by atoms with Crippen LogP contribution in [-0.2, 0) is 19.0 Å². The molecule has 0 heterocycles. The Hall–Kier alpha value is -0.870. The number of hydrogen-bond donors (Lipinski definition) is 0. The molecule has 0 aliphatic carbocycles. The maximum absolute atomic E-state index is 11.1. The Labute approximate surface area is 142 Å². The lowest BCUT2D eigenvalue weighted by Crippen LogP contribution is -2.39. The first kappa shape index (κ1) is 22.1. The Morgan fingerprint density at radius 3 is 2.17 bits per heavy atom. The zero-order valence-electron chi connectivity index (χ0n) is 15.6. The van der Waals surface area contributed by atoms with Crippen molar-refractivity contribution in [1.29, 1.82) is 0 Å². The first-order valence-corrected chi connectivity index (χ1v) is 8.93. The number of carbonyl (C=O) groups excluding carboxylic acids is 1. The maximum atomic E-state index is 11.1. The number of carbonyl (C=O) groups is 1. The molecule has 0 saturated heterocycles. The van der Waals surface area contributed by atoms with Crippen molar-refractivity contribution in [3.8, 4) is 0 Å². The van der Waals surface area contributed by atoms with E-state index in [0.717, 1.165) is 19.3 Å².